The lowest BCUT2D eigenvalue weighted by atomic mass is 9.95. The molecular weight excluding hydrogens is 412 g/mol. The zero-order valence-corrected chi connectivity index (χ0v) is 17.8. The Morgan fingerprint density at radius 1 is 1.10 bits per heavy atom. The van der Waals surface area contributed by atoms with E-state index in [1.807, 2.05) is 24.3 Å². The van der Waals surface area contributed by atoms with E-state index in [1.165, 1.54) is 12.1 Å². The summed E-state index contributed by atoms with van der Waals surface area (Å²) in [7, 11) is -3.86. The first-order valence-corrected chi connectivity index (χ1v) is 11.4. The van der Waals surface area contributed by atoms with Crippen molar-refractivity contribution in [2.45, 2.75) is 26.7 Å². The van der Waals surface area contributed by atoms with Gasteiger partial charge in [0.25, 0.3) is 5.91 Å². The zero-order chi connectivity index (χ0) is 21.0. The first kappa shape index (κ1) is 19.9. The molecule has 2 aromatic carbocycles. The highest BCUT2D eigenvalue weighted by Crippen LogP contribution is 2.39. The summed E-state index contributed by atoms with van der Waals surface area (Å²) in [4.78, 5) is 27.7. The van der Waals surface area contributed by atoms with E-state index in [-0.39, 0.29) is 27.9 Å². The number of hydrogen-bond acceptors (Lipinski definition) is 4. The Balaban J connectivity index is 1.76. The average molecular weight is 433 g/mol. The molecule has 0 aliphatic carbocycles. The molecule has 0 aromatic heterocycles. The van der Waals surface area contributed by atoms with Crippen LogP contribution in [0.5, 0.6) is 0 Å². The van der Waals surface area contributed by atoms with Crippen molar-refractivity contribution < 1.29 is 18.0 Å². The van der Waals surface area contributed by atoms with Crippen LogP contribution in [0.1, 0.15) is 36.2 Å². The van der Waals surface area contributed by atoms with Crippen molar-refractivity contribution in [3.8, 4) is 0 Å². The number of aryl methyl sites for hydroxylation is 1. The number of benzene rings is 2. The van der Waals surface area contributed by atoms with E-state index < -0.39 is 21.3 Å². The number of amides is 2. The molecule has 2 aromatic rings. The molecule has 2 aliphatic rings. The maximum Gasteiger partial charge on any atom is 0.258 e. The summed E-state index contributed by atoms with van der Waals surface area (Å²) in [6.07, 6.45) is 1.75. The first-order chi connectivity index (χ1) is 13.6. The highest BCUT2D eigenvalue weighted by atomic mass is 35.5. The Labute approximate surface area is 175 Å². The van der Waals surface area contributed by atoms with E-state index in [0.717, 1.165) is 28.4 Å². The topological polar surface area (TPSA) is 74.8 Å². The summed E-state index contributed by atoms with van der Waals surface area (Å²) in [5.74, 6) is -1.10. The Hall–Kier alpha value is -2.38. The number of rotatable bonds is 2. The molecule has 152 valence electrons. The van der Waals surface area contributed by atoms with Crippen molar-refractivity contribution in [3.63, 3.8) is 0 Å². The summed E-state index contributed by atoms with van der Waals surface area (Å²) in [6.45, 7) is 3.74. The molecule has 6 nitrogen and oxygen atoms in total. The minimum Gasteiger partial charge on any atom is -0.308 e. The minimum atomic E-state index is -3.86. The second-order valence-electron chi connectivity index (χ2n) is 8.06. The van der Waals surface area contributed by atoms with Crippen LogP contribution >= 0.6 is 11.6 Å². The van der Waals surface area contributed by atoms with Crippen molar-refractivity contribution in [1.29, 1.82) is 0 Å². The van der Waals surface area contributed by atoms with Crippen LogP contribution < -0.4 is 9.21 Å². The smallest absolute Gasteiger partial charge is 0.258 e. The summed E-state index contributed by atoms with van der Waals surface area (Å²) in [5.41, 5.74) is 1.22. The van der Waals surface area contributed by atoms with Crippen molar-refractivity contribution in [1.82, 2.24) is 0 Å². The molecule has 2 aliphatic heterocycles. The van der Waals surface area contributed by atoms with E-state index >= 15 is 0 Å². The van der Waals surface area contributed by atoms with Crippen LogP contribution in [0.3, 0.4) is 0 Å². The standard InChI is InChI=1S/C21H21ClN2O4S/c1-21(2)13-29(27,28)24(20(21)26)18-12-15(9-10-16(18)22)19(25)23-11-5-7-14-6-3-4-8-17(14)23/h3-4,6,8-10,12H,5,7,11,13H2,1-2H3. The van der Waals surface area contributed by atoms with Gasteiger partial charge in [0.05, 0.1) is 21.9 Å². The van der Waals surface area contributed by atoms with Gasteiger partial charge in [-0.15, -0.1) is 0 Å². The first-order valence-electron chi connectivity index (χ1n) is 9.38. The second kappa shape index (κ2) is 6.85. The fourth-order valence-electron chi connectivity index (χ4n) is 3.94. The van der Waals surface area contributed by atoms with Crippen LogP contribution in [0.2, 0.25) is 5.02 Å². The van der Waals surface area contributed by atoms with Gasteiger partial charge in [0.1, 0.15) is 0 Å². The Bertz CT molecular complexity index is 1130. The van der Waals surface area contributed by atoms with Crippen LogP contribution in [0.4, 0.5) is 11.4 Å². The van der Waals surface area contributed by atoms with Crippen molar-refractivity contribution in [3.05, 3.63) is 58.6 Å². The van der Waals surface area contributed by atoms with Gasteiger partial charge in [-0.3, -0.25) is 9.59 Å². The van der Waals surface area contributed by atoms with Crippen LogP contribution in [0, 0.1) is 5.41 Å². The van der Waals surface area contributed by atoms with E-state index in [9.17, 15) is 18.0 Å². The molecule has 1 fully saturated rings. The molecule has 8 heteroatoms. The molecular formula is C21H21ClN2O4S. The molecule has 0 radical (unpaired) electrons. The van der Waals surface area contributed by atoms with Gasteiger partial charge in [-0.2, -0.15) is 0 Å². The van der Waals surface area contributed by atoms with Gasteiger partial charge in [-0.1, -0.05) is 29.8 Å². The van der Waals surface area contributed by atoms with Crippen molar-refractivity contribution in [2.75, 3.05) is 21.5 Å². The Kier molecular flexibility index (Phi) is 4.70. The summed E-state index contributed by atoms with van der Waals surface area (Å²) in [6, 6.07) is 12.2. The van der Waals surface area contributed by atoms with Gasteiger partial charge in [0, 0.05) is 17.8 Å². The summed E-state index contributed by atoms with van der Waals surface area (Å²) < 4.78 is 26.0. The van der Waals surface area contributed by atoms with E-state index in [2.05, 4.69) is 0 Å². The molecule has 0 bridgehead atoms. The van der Waals surface area contributed by atoms with Gasteiger partial charge >= 0.3 is 0 Å². The third-order valence-corrected chi connectivity index (χ3v) is 7.68. The quantitative estimate of drug-likeness (QED) is 0.726. The van der Waals surface area contributed by atoms with Crippen LogP contribution in [-0.4, -0.2) is 32.5 Å². The third kappa shape index (κ3) is 3.32. The maximum atomic E-state index is 13.2. The number of para-hydroxylation sites is 1. The highest BCUT2D eigenvalue weighted by molar-refractivity contribution is 7.94. The highest BCUT2D eigenvalue weighted by Gasteiger charge is 2.50. The Morgan fingerprint density at radius 2 is 1.83 bits per heavy atom. The molecule has 1 saturated heterocycles. The molecule has 0 N–H and O–H groups in total. The van der Waals surface area contributed by atoms with Crippen LogP contribution in [0.15, 0.2) is 42.5 Å². The number of carbonyl (C=O) groups excluding carboxylic acids is 2. The number of nitrogens with zero attached hydrogens (tertiary/aromatic N) is 2. The number of carbonyl (C=O) groups is 2. The molecule has 29 heavy (non-hydrogen) atoms. The maximum absolute atomic E-state index is 13.2. The van der Waals surface area contributed by atoms with Crippen molar-refractivity contribution in [2.24, 2.45) is 5.41 Å². The van der Waals surface area contributed by atoms with Gasteiger partial charge in [0.15, 0.2) is 0 Å². The summed E-state index contributed by atoms with van der Waals surface area (Å²) in [5, 5.41) is 0.107. The molecule has 0 atom stereocenters. The van der Waals surface area contributed by atoms with Gasteiger partial charge in [0.2, 0.25) is 15.9 Å². The molecule has 2 amide bonds. The average Bonchev–Trinajstić information content (AvgIpc) is 2.84. The fourth-order valence-corrected chi connectivity index (χ4v) is 6.31. The lowest BCUT2D eigenvalue weighted by Gasteiger charge is -2.30. The lowest BCUT2D eigenvalue weighted by molar-refractivity contribution is -0.123. The SMILES string of the molecule is CC1(C)CS(=O)(=O)N(c2cc(C(=O)N3CCCc4ccccc43)ccc2Cl)C1=O. The summed E-state index contributed by atoms with van der Waals surface area (Å²) >= 11 is 6.25. The largest absolute Gasteiger partial charge is 0.308 e. The number of anilines is 2. The van der Waals surface area contributed by atoms with E-state index in [0.29, 0.717) is 6.54 Å². The van der Waals surface area contributed by atoms with E-state index in [4.69, 9.17) is 11.6 Å². The second-order valence-corrected chi connectivity index (χ2v) is 10.3. The predicted octanol–water partition coefficient (Wildman–Crippen LogP) is 3.64. The van der Waals surface area contributed by atoms with Gasteiger partial charge in [-0.25, -0.2) is 12.7 Å². The minimum absolute atomic E-state index is 0.0263. The monoisotopic (exact) mass is 432 g/mol. The molecule has 0 saturated carbocycles. The number of hydrogen-bond donors (Lipinski definition) is 0. The molecule has 4 rings (SSSR count). The van der Waals surface area contributed by atoms with Crippen LogP contribution in [-0.2, 0) is 21.2 Å². The predicted molar refractivity (Wildman–Crippen MR) is 113 cm³/mol. The fraction of sp³-hybridized carbons (Fsp3) is 0.333. The van der Waals surface area contributed by atoms with Gasteiger partial charge < -0.3 is 4.90 Å². The number of sulfonamides is 1. The van der Waals surface area contributed by atoms with Gasteiger partial charge in [-0.05, 0) is 56.5 Å². The van der Waals surface area contributed by atoms with E-state index in [1.54, 1.807) is 24.8 Å². The third-order valence-electron chi connectivity index (χ3n) is 5.35. The number of halogens is 1. The van der Waals surface area contributed by atoms with Crippen molar-refractivity contribution >= 4 is 44.8 Å². The molecule has 0 spiro atoms. The molecule has 2 heterocycles. The zero-order valence-electron chi connectivity index (χ0n) is 16.2. The lowest BCUT2D eigenvalue weighted by Crippen LogP contribution is -2.36. The van der Waals surface area contributed by atoms with Crippen LogP contribution in [0.25, 0.3) is 0 Å². The normalized spacial score (nSPS) is 19.9. The number of fused-ring (bicyclic) bond motifs is 1. The Morgan fingerprint density at radius 3 is 2.52 bits per heavy atom. The molecule has 0 unspecified atom stereocenters.